The van der Waals surface area contributed by atoms with E-state index in [9.17, 15) is 27.2 Å². The molecule has 2 fully saturated rings. The van der Waals surface area contributed by atoms with E-state index in [4.69, 9.17) is 18.9 Å². The van der Waals surface area contributed by atoms with Crippen molar-refractivity contribution in [2.24, 2.45) is 0 Å². The van der Waals surface area contributed by atoms with Gasteiger partial charge in [-0.25, -0.2) is 0 Å². The third-order valence-electron chi connectivity index (χ3n) is 6.88. The summed E-state index contributed by atoms with van der Waals surface area (Å²) in [4.78, 5) is 24.6. The quantitative estimate of drug-likeness (QED) is 0.235. The summed E-state index contributed by atoms with van der Waals surface area (Å²) in [6, 6.07) is 10.3. The highest BCUT2D eigenvalue weighted by Gasteiger charge is 2.29. The van der Waals surface area contributed by atoms with Gasteiger partial charge in [-0.15, -0.1) is 0 Å². The summed E-state index contributed by atoms with van der Waals surface area (Å²) in [6.07, 6.45) is 3.46. The fourth-order valence-electron chi connectivity index (χ4n) is 4.58. The summed E-state index contributed by atoms with van der Waals surface area (Å²) in [7, 11) is 0. The topological polar surface area (TPSA) is 95.1 Å². The van der Waals surface area contributed by atoms with Crippen LogP contribution in [0.4, 0.5) is 17.6 Å². The number of hydrogen-bond acceptors (Lipinski definition) is 6. The molecule has 0 radical (unpaired) electrons. The van der Waals surface area contributed by atoms with Crippen LogP contribution in [-0.2, 0) is 9.47 Å². The molecule has 2 amide bonds. The Morgan fingerprint density at radius 1 is 0.643 bits per heavy atom. The SMILES string of the molecule is O=C(NCC1CCCO1)c1ccc(Oc2c(F)c(F)c(Oc3ccc(C(=O)NCC4CCCO4)cc3)c(F)c2F)cc1. The van der Waals surface area contributed by atoms with E-state index in [1.54, 1.807) is 0 Å². The Morgan fingerprint density at radius 3 is 1.31 bits per heavy atom. The van der Waals surface area contributed by atoms with Crippen molar-refractivity contribution in [3.8, 4) is 23.0 Å². The second-order valence-electron chi connectivity index (χ2n) is 9.86. The van der Waals surface area contributed by atoms with Crippen LogP contribution in [0.2, 0.25) is 0 Å². The third kappa shape index (κ3) is 6.82. The fourth-order valence-corrected chi connectivity index (χ4v) is 4.58. The van der Waals surface area contributed by atoms with Gasteiger partial charge in [-0.05, 0) is 74.2 Å². The van der Waals surface area contributed by atoms with Gasteiger partial charge in [0.25, 0.3) is 11.8 Å². The van der Waals surface area contributed by atoms with Crippen molar-refractivity contribution < 1.29 is 46.1 Å². The maximum atomic E-state index is 14.8. The Hall–Kier alpha value is -4.16. The molecule has 0 aromatic heterocycles. The zero-order chi connectivity index (χ0) is 29.6. The maximum absolute atomic E-state index is 14.8. The highest BCUT2D eigenvalue weighted by molar-refractivity contribution is 5.94. The molecule has 222 valence electrons. The van der Waals surface area contributed by atoms with Gasteiger partial charge in [0.1, 0.15) is 11.5 Å². The molecule has 3 aromatic carbocycles. The lowest BCUT2D eigenvalue weighted by atomic mass is 10.2. The molecule has 2 heterocycles. The molecule has 5 rings (SSSR count). The van der Waals surface area contributed by atoms with Gasteiger partial charge in [-0.2, -0.15) is 17.6 Å². The van der Waals surface area contributed by atoms with Crippen molar-refractivity contribution in [2.45, 2.75) is 37.9 Å². The summed E-state index contributed by atoms with van der Waals surface area (Å²) >= 11 is 0. The van der Waals surface area contributed by atoms with Crippen molar-refractivity contribution in [3.63, 3.8) is 0 Å². The number of rotatable bonds is 10. The van der Waals surface area contributed by atoms with Crippen molar-refractivity contribution in [1.82, 2.24) is 10.6 Å². The van der Waals surface area contributed by atoms with Crippen LogP contribution in [0.25, 0.3) is 0 Å². The van der Waals surface area contributed by atoms with Gasteiger partial charge >= 0.3 is 0 Å². The van der Waals surface area contributed by atoms with Crippen molar-refractivity contribution in [2.75, 3.05) is 26.3 Å². The van der Waals surface area contributed by atoms with Gasteiger partial charge in [-0.1, -0.05) is 0 Å². The fraction of sp³-hybridized carbons (Fsp3) is 0.333. The van der Waals surface area contributed by atoms with Crippen LogP contribution < -0.4 is 20.1 Å². The number of carbonyl (C=O) groups is 2. The minimum absolute atomic E-state index is 0.0491. The number of amides is 2. The molecule has 0 aliphatic carbocycles. The molecule has 2 saturated heterocycles. The molecule has 2 N–H and O–H groups in total. The number of nitrogens with one attached hydrogen (secondary N) is 2. The predicted molar refractivity (Wildman–Crippen MR) is 142 cm³/mol. The van der Waals surface area contributed by atoms with Crippen LogP contribution in [0, 0.1) is 23.3 Å². The summed E-state index contributed by atoms with van der Waals surface area (Å²) in [5.41, 5.74) is 0.488. The van der Waals surface area contributed by atoms with Crippen LogP contribution in [0.3, 0.4) is 0 Å². The highest BCUT2D eigenvalue weighted by atomic mass is 19.2. The number of ether oxygens (including phenoxy) is 4. The number of carbonyl (C=O) groups excluding carboxylic acids is 2. The Kier molecular flexibility index (Phi) is 9.23. The first kappa shape index (κ1) is 29.3. The lowest BCUT2D eigenvalue weighted by Gasteiger charge is -2.14. The molecule has 12 heteroatoms. The van der Waals surface area contributed by atoms with E-state index in [0.717, 1.165) is 25.7 Å². The average Bonchev–Trinajstić information content (AvgIpc) is 3.74. The van der Waals surface area contributed by atoms with E-state index in [0.29, 0.717) is 26.3 Å². The van der Waals surface area contributed by atoms with Crippen LogP contribution in [0.1, 0.15) is 46.4 Å². The van der Waals surface area contributed by atoms with Crippen LogP contribution >= 0.6 is 0 Å². The largest absolute Gasteiger partial charge is 0.451 e. The average molecular weight is 589 g/mol. The van der Waals surface area contributed by atoms with Crippen molar-refractivity contribution in [3.05, 3.63) is 82.9 Å². The van der Waals surface area contributed by atoms with Gasteiger partial charge in [0.15, 0.2) is 0 Å². The Balaban J connectivity index is 1.22. The Bertz CT molecular complexity index is 1290. The summed E-state index contributed by atoms with van der Waals surface area (Å²) in [6.45, 7) is 1.99. The molecule has 2 atom stereocenters. The first-order valence-electron chi connectivity index (χ1n) is 13.5. The van der Waals surface area contributed by atoms with E-state index in [1.165, 1.54) is 48.5 Å². The van der Waals surface area contributed by atoms with E-state index in [-0.39, 0.29) is 46.6 Å². The standard InChI is InChI=1S/C30H28F4N2O6/c31-23-25(33)28(42-20-11-7-18(8-12-20)30(38)36-16-22-4-2-14-40-22)26(34)24(32)27(23)41-19-9-5-17(6-10-19)29(37)35-15-21-3-1-13-39-21/h5-12,21-22H,1-4,13-16H2,(H,35,37)(H,36,38). The zero-order valence-electron chi connectivity index (χ0n) is 22.4. The monoisotopic (exact) mass is 588 g/mol. The van der Waals surface area contributed by atoms with Crippen LogP contribution in [-0.4, -0.2) is 50.3 Å². The van der Waals surface area contributed by atoms with E-state index >= 15 is 0 Å². The minimum Gasteiger partial charge on any atom is -0.451 e. The van der Waals surface area contributed by atoms with E-state index in [1.807, 2.05) is 0 Å². The van der Waals surface area contributed by atoms with E-state index < -0.39 is 34.8 Å². The minimum atomic E-state index is -1.81. The molecule has 0 saturated carbocycles. The summed E-state index contributed by atoms with van der Waals surface area (Å²) in [5.74, 6) is -11.0. The van der Waals surface area contributed by atoms with Gasteiger partial charge in [0.2, 0.25) is 34.8 Å². The molecule has 8 nitrogen and oxygen atoms in total. The Morgan fingerprint density at radius 2 is 1.00 bits per heavy atom. The number of hydrogen-bond donors (Lipinski definition) is 2. The maximum Gasteiger partial charge on any atom is 0.251 e. The van der Waals surface area contributed by atoms with Gasteiger partial charge in [0.05, 0.1) is 12.2 Å². The molecule has 2 aliphatic rings. The number of benzene rings is 3. The van der Waals surface area contributed by atoms with Crippen molar-refractivity contribution >= 4 is 11.8 Å². The van der Waals surface area contributed by atoms with Crippen LogP contribution in [0.15, 0.2) is 48.5 Å². The molecule has 0 bridgehead atoms. The molecule has 0 spiro atoms. The van der Waals surface area contributed by atoms with E-state index in [2.05, 4.69) is 10.6 Å². The van der Waals surface area contributed by atoms with Crippen molar-refractivity contribution in [1.29, 1.82) is 0 Å². The van der Waals surface area contributed by atoms with Gasteiger partial charge < -0.3 is 29.6 Å². The summed E-state index contributed by atoms with van der Waals surface area (Å²) in [5, 5.41) is 5.46. The first-order valence-corrected chi connectivity index (χ1v) is 13.5. The summed E-state index contributed by atoms with van der Waals surface area (Å²) < 4.78 is 80.3. The zero-order valence-corrected chi connectivity index (χ0v) is 22.4. The second kappa shape index (κ2) is 13.2. The molecule has 3 aromatic rings. The molecular weight excluding hydrogens is 560 g/mol. The van der Waals surface area contributed by atoms with Gasteiger partial charge in [-0.3, -0.25) is 9.59 Å². The lowest BCUT2D eigenvalue weighted by Crippen LogP contribution is -2.31. The number of halogens is 4. The normalized spacial score (nSPS) is 18.1. The Labute approximate surface area is 238 Å². The predicted octanol–water partition coefficient (Wildman–Crippen LogP) is 5.65. The highest BCUT2D eigenvalue weighted by Crippen LogP contribution is 2.38. The smallest absolute Gasteiger partial charge is 0.251 e. The van der Waals surface area contributed by atoms with Crippen LogP contribution in [0.5, 0.6) is 23.0 Å². The molecular formula is C30H28F4N2O6. The lowest BCUT2D eigenvalue weighted by molar-refractivity contribution is 0.0854. The molecule has 42 heavy (non-hydrogen) atoms. The van der Waals surface area contributed by atoms with Gasteiger partial charge in [0, 0.05) is 37.4 Å². The first-order chi connectivity index (χ1) is 20.3. The molecule has 2 unspecified atom stereocenters. The third-order valence-corrected chi connectivity index (χ3v) is 6.88. The molecule has 2 aliphatic heterocycles. The second-order valence-corrected chi connectivity index (χ2v) is 9.86.